The van der Waals surface area contributed by atoms with Gasteiger partial charge in [0.15, 0.2) is 0 Å². The minimum Gasteiger partial charge on any atom is -0.497 e. The summed E-state index contributed by atoms with van der Waals surface area (Å²) in [5.74, 6) is 0.496. The summed E-state index contributed by atoms with van der Waals surface area (Å²) in [6.45, 7) is 1.62. The van der Waals surface area contributed by atoms with Gasteiger partial charge in [-0.1, -0.05) is 0 Å². The average Bonchev–Trinajstić information content (AvgIpc) is 2.47. The van der Waals surface area contributed by atoms with Crippen molar-refractivity contribution in [2.45, 2.75) is 6.43 Å². The highest BCUT2D eigenvalue weighted by atomic mass is 79.9. The van der Waals surface area contributed by atoms with Crippen LogP contribution in [0, 0.1) is 0 Å². The number of benzene rings is 1. The van der Waals surface area contributed by atoms with Crippen molar-refractivity contribution in [1.29, 1.82) is 0 Å². The number of nitrogens with zero attached hydrogens (tertiary/aromatic N) is 2. The Morgan fingerprint density at radius 1 is 1.33 bits per heavy atom. The first-order valence-corrected chi connectivity index (χ1v) is 7.44. The van der Waals surface area contributed by atoms with Crippen LogP contribution in [0.5, 0.6) is 5.75 Å². The Labute approximate surface area is 130 Å². The van der Waals surface area contributed by atoms with E-state index in [0.29, 0.717) is 42.0 Å². The molecule has 0 aliphatic carbocycles. The maximum Gasteiger partial charge on any atom is 0.255 e. The van der Waals surface area contributed by atoms with Gasteiger partial charge in [0.25, 0.3) is 12.3 Å². The molecule has 0 unspecified atom stereocenters. The van der Waals surface area contributed by atoms with Gasteiger partial charge in [-0.2, -0.15) is 0 Å². The minimum absolute atomic E-state index is 0.113. The molecule has 1 aliphatic rings. The van der Waals surface area contributed by atoms with E-state index in [1.165, 1.54) is 0 Å². The smallest absolute Gasteiger partial charge is 0.255 e. The molecule has 116 valence electrons. The Kier molecular flexibility index (Phi) is 5.52. The quantitative estimate of drug-likeness (QED) is 0.824. The zero-order chi connectivity index (χ0) is 15.4. The largest absolute Gasteiger partial charge is 0.497 e. The van der Waals surface area contributed by atoms with Crippen molar-refractivity contribution in [3.05, 3.63) is 28.2 Å². The fourth-order valence-corrected chi connectivity index (χ4v) is 2.71. The van der Waals surface area contributed by atoms with Crippen molar-refractivity contribution in [3.8, 4) is 5.75 Å². The molecule has 1 aromatic carbocycles. The molecule has 0 N–H and O–H groups in total. The third kappa shape index (κ3) is 4.14. The van der Waals surface area contributed by atoms with E-state index in [9.17, 15) is 13.6 Å². The van der Waals surface area contributed by atoms with E-state index in [-0.39, 0.29) is 12.5 Å². The summed E-state index contributed by atoms with van der Waals surface area (Å²) < 4.78 is 30.5. The Morgan fingerprint density at radius 2 is 2.00 bits per heavy atom. The molecule has 1 aliphatic heterocycles. The SMILES string of the molecule is COc1ccc(Br)c(C(=O)N2CCN(CC(F)F)CC2)c1. The first kappa shape index (κ1) is 16.2. The number of hydrogen-bond donors (Lipinski definition) is 0. The van der Waals surface area contributed by atoms with Crippen LogP contribution in [0.3, 0.4) is 0 Å². The van der Waals surface area contributed by atoms with Crippen molar-refractivity contribution in [3.63, 3.8) is 0 Å². The molecule has 0 bridgehead atoms. The number of amides is 1. The van der Waals surface area contributed by atoms with Gasteiger partial charge < -0.3 is 9.64 Å². The fraction of sp³-hybridized carbons (Fsp3) is 0.500. The summed E-state index contributed by atoms with van der Waals surface area (Å²) >= 11 is 3.36. The molecule has 1 saturated heterocycles. The second-order valence-corrected chi connectivity index (χ2v) is 5.68. The summed E-state index contributed by atoms with van der Waals surface area (Å²) in [4.78, 5) is 15.8. The zero-order valence-corrected chi connectivity index (χ0v) is 13.3. The van der Waals surface area contributed by atoms with E-state index >= 15 is 0 Å². The maximum atomic E-state index is 12.5. The van der Waals surface area contributed by atoms with Crippen LogP contribution < -0.4 is 4.74 Å². The Balaban J connectivity index is 2.02. The van der Waals surface area contributed by atoms with Gasteiger partial charge in [0.2, 0.25) is 0 Å². The molecule has 0 radical (unpaired) electrons. The fourth-order valence-electron chi connectivity index (χ4n) is 2.29. The molecule has 1 aromatic rings. The van der Waals surface area contributed by atoms with Crippen LogP contribution in [0.4, 0.5) is 8.78 Å². The van der Waals surface area contributed by atoms with E-state index in [4.69, 9.17) is 4.74 Å². The van der Waals surface area contributed by atoms with Crippen LogP contribution >= 0.6 is 15.9 Å². The maximum absolute atomic E-state index is 12.5. The lowest BCUT2D eigenvalue weighted by Gasteiger charge is -2.34. The van der Waals surface area contributed by atoms with E-state index in [1.54, 1.807) is 35.1 Å². The number of halogens is 3. The Bertz CT molecular complexity index is 506. The summed E-state index contributed by atoms with van der Waals surface area (Å²) in [6, 6.07) is 5.21. The third-order valence-electron chi connectivity index (χ3n) is 3.46. The minimum atomic E-state index is -2.33. The van der Waals surface area contributed by atoms with Gasteiger partial charge in [0, 0.05) is 30.7 Å². The molecular formula is C14H17BrF2N2O2. The molecule has 2 rings (SSSR count). The molecule has 1 heterocycles. The average molecular weight is 363 g/mol. The van der Waals surface area contributed by atoms with Crippen LogP contribution in [0.15, 0.2) is 22.7 Å². The summed E-state index contributed by atoms with van der Waals surface area (Å²) in [7, 11) is 1.54. The van der Waals surface area contributed by atoms with Gasteiger partial charge >= 0.3 is 0 Å². The third-order valence-corrected chi connectivity index (χ3v) is 4.15. The number of piperazine rings is 1. The second kappa shape index (κ2) is 7.17. The number of alkyl halides is 2. The van der Waals surface area contributed by atoms with Crippen molar-refractivity contribution in [1.82, 2.24) is 9.80 Å². The molecule has 0 aromatic heterocycles. The van der Waals surface area contributed by atoms with Gasteiger partial charge in [-0.15, -0.1) is 0 Å². The standard InChI is InChI=1S/C14H17BrF2N2O2/c1-21-10-2-3-12(15)11(8-10)14(20)19-6-4-18(5-7-19)9-13(16)17/h2-3,8,13H,4-7,9H2,1H3. The summed E-state index contributed by atoms with van der Waals surface area (Å²) in [6.07, 6.45) is -2.33. The second-order valence-electron chi connectivity index (χ2n) is 4.83. The molecule has 4 nitrogen and oxygen atoms in total. The summed E-state index contributed by atoms with van der Waals surface area (Å²) in [5.41, 5.74) is 0.525. The van der Waals surface area contributed by atoms with Gasteiger partial charge in [-0.05, 0) is 34.1 Å². The van der Waals surface area contributed by atoms with Crippen molar-refractivity contribution >= 4 is 21.8 Å². The number of carbonyl (C=O) groups is 1. The van der Waals surface area contributed by atoms with E-state index in [0.717, 1.165) is 0 Å². The predicted octanol–water partition coefficient (Wildman–Crippen LogP) is 2.48. The number of ether oxygens (including phenoxy) is 1. The van der Waals surface area contributed by atoms with Gasteiger partial charge in [0.05, 0.1) is 19.2 Å². The van der Waals surface area contributed by atoms with Crippen molar-refractivity contribution in [2.24, 2.45) is 0 Å². The highest BCUT2D eigenvalue weighted by Crippen LogP contribution is 2.24. The topological polar surface area (TPSA) is 32.8 Å². The predicted molar refractivity (Wildman–Crippen MR) is 79.0 cm³/mol. The highest BCUT2D eigenvalue weighted by molar-refractivity contribution is 9.10. The lowest BCUT2D eigenvalue weighted by molar-refractivity contribution is 0.0458. The molecular weight excluding hydrogens is 346 g/mol. The summed E-state index contributed by atoms with van der Waals surface area (Å²) in [5, 5.41) is 0. The van der Waals surface area contributed by atoms with Crippen LogP contribution in [0.25, 0.3) is 0 Å². The first-order valence-electron chi connectivity index (χ1n) is 6.64. The van der Waals surface area contributed by atoms with Crippen molar-refractivity contribution < 1.29 is 18.3 Å². The normalized spacial score (nSPS) is 16.3. The molecule has 21 heavy (non-hydrogen) atoms. The Morgan fingerprint density at radius 3 is 2.57 bits per heavy atom. The number of carbonyl (C=O) groups excluding carboxylic acids is 1. The van der Waals surface area contributed by atoms with Crippen LogP contribution in [0.1, 0.15) is 10.4 Å². The monoisotopic (exact) mass is 362 g/mol. The highest BCUT2D eigenvalue weighted by Gasteiger charge is 2.25. The van der Waals surface area contributed by atoms with E-state index < -0.39 is 6.43 Å². The van der Waals surface area contributed by atoms with Crippen LogP contribution in [-0.2, 0) is 0 Å². The number of methoxy groups -OCH3 is 1. The first-order chi connectivity index (χ1) is 10.0. The van der Waals surface area contributed by atoms with E-state index in [1.807, 2.05) is 0 Å². The van der Waals surface area contributed by atoms with Crippen LogP contribution in [0.2, 0.25) is 0 Å². The molecule has 1 fully saturated rings. The van der Waals surface area contributed by atoms with Crippen molar-refractivity contribution in [2.75, 3.05) is 39.8 Å². The molecule has 7 heteroatoms. The Hall–Kier alpha value is -1.21. The van der Waals surface area contributed by atoms with Gasteiger partial charge in [-0.25, -0.2) is 8.78 Å². The number of hydrogen-bond acceptors (Lipinski definition) is 3. The van der Waals surface area contributed by atoms with E-state index in [2.05, 4.69) is 15.9 Å². The van der Waals surface area contributed by atoms with Gasteiger partial charge in [0.1, 0.15) is 5.75 Å². The van der Waals surface area contributed by atoms with Crippen LogP contribution in [-0.4, -0.2) is 62.0 Å². The lowest BCUT2D eigenvalue weighted by Crippen LogP contribution is -2.49. The molecule has 0 atom stereocenters. The lowest BCUT2D eigenvalue weighted by atomic mass is 10.1. The molecule has 0 saturated carbocycles. The number of rotatable bonds is 4. The zero-order valence-electron chi connectivity index (χ0n) is 11.7. The molecule has 1 amide bonds. The molecule has 0 spiro atoms. The van der Waals surface area contributed by atoms with Gasteiger partial charge in [-0.3, -0.25) is 9.69 Å².